The van der Waals surface area contributed by atoms with Crippen molar-refractivity contribution in [2.45, 2.75) is 51.2 Å². The Labute approximate surface area is 286 Å². The van der Waals surface area contributed by atoms with E-state index in [4.69, 9.17) is 0 Å². The van der Waals surface area contributed by atoms with Gasteiger partial charge >= 0.3 is 13.2 Å². The Morgan fingerprint density at radius 3 is 1.40 bits per heavy atom. The number of benzene rings is 4. The van der Waals surface area contributed by atoms with Gasteiger partial charge in [0.15, 0.2) is 0 Å². The molecular formula is C34H26Br2F4N4O4. The lowest BCUT2D eigenvalue weighted by Crippen LogP contribution is -2.18. The summed E-state index contributed by atoms with van der Waals surface area (Å²) in [6, 6.07) is 24.0. The minimum atomic E-state index is -2.88. The molecule has 0 radical (unpaired) electrons. The van der Waals surface area contributed by atoms with E-state index in [0.29, 0.717) is 47.8 Å². The maximum atomic E-state index is 12.7. The fourth-order valence-corrected chi connectivity index (χ4v) is 7.50. The Morgan fingerprint density at radius 2 is 1.00 bits per heavy atom. The van der Waals surface area contributed by atoms with Gasteiger partial charge in [0.25, 0.3) is 11.1 Å². The number of alkyl halides is 4. The number of nitrogens with zero attached hydrogens (tertiary/aromatic N) is 4. The molecule has 0 bridgehead atoms. The molecule has 248 valence electrons. The zero-order valence-corrected chi connectivity index (χ0v) is 28.1. The Morgan fingerprint density at radius 1 is 0.604 bits per heavy atom. The fourth-order valence-electron chi connectivity index (χ4n) is 6.80. The Bertz CT molecular complexity index is 2120. The number of aromatic nitrogens is 4. The fraction of sp³-hybridized carbons (Fsp3) is 0.235. The third-order valence-corrected chi connectivity index (χ3v) is 9.66. The zero-order chi connectivity index (χ0) is 33.7. The monoisotopic (exact) mass is 788 g/mol. The summed E-state index contributed by atoms with van der Waals surface area (Å²) in [6.07, 6.45) is 1.31. The van der Waals surface area contributed by atoms with E-state index in [-0.39, 0.29) is 34.7 Å². The van der Waals surface area contributed by atoms with Gasteiger partial charge in [-0.15, -0.1) is 0 Å². The van der Waals surface area contributed by atoms with Crippen LogP contribution in [0.1, 0.15) is 36.1 Å². The summed E-state index contributed by atoms with van der Waals surface area (Å²) >= 11 is 6.85. The summed E-state index contributed by atoms with van der Waals surface area (Å²) < 4.78 is 69.0. The number of para-hydroxylation sites is 2. The zero-order valence-electron chi connectivity index (χ0n) is 24.9. The van der Waals surface area contributed by atoms with Crippen molar-refractivity contribution in [1.29, 1.82) is 0 Å². The molecule has 4 heterocycles. The van der Waals surface area contributed by atoms with E-state index in [9.17, 15) is 27.2 Å². The number of fused-ring (bicyclic) bond motifs is 6. The average molecular weight is 790 g/mol. The van der Waals surface area contributed by atoms with Gasteiger partial charge in [0.2, 0.25) is 0 Å². The van der Waals surface area contributed by atoms with E-state index < -0.39 is 13.2 Å². The van der Waals surface area contributed by atoms with Gasteiger partial charge in [-0.25, -0.2) is 9.36 Å². The van der Waals surface area contributed by atoms with Crippen LogP contribution in [0, 0.1) is 0 Å². The molecule has 8 rings (SSSR count). The van der Waals surface area contributed by atoms with E-state index in [1.54, 1.807) is 57.9 Å². The average Bonchev–Trinajstić information content (AvgIpc) is 3.80. The second-order valence-corrected chi connectivity index (χ2v) is 13.1. The van der Waals surface area contributed by atoms with Crippen LogP contribution in [0.25, 0.3) is 21.8 Å². The maximum Gasteiger partial charge on any atom is 0.387 e. The summed E-state index contributed by atoms with van der Waals surface area (Å²) in [5.74, 6) is 0.297. The number of rotatable bonds is 6. The first-order valence-electron chi connectivity index (χ1n) is 15.0. The number of hydrogen-bond acceptors (Lipinski definition) is 4. The lowest BCUT2D eigenvalue weighted by Gasteiger charge is -2.18. The highest BCUT2D eigenvalue weighted by atomic mass is 79.9. The minimum absolute atomic E-state index is 0.0627. The third-order valence-electron chi connectivity index (χ3n) is 8.67. The van der Waals surface area contributed by atoms with Crippen LogP contribution >= 0.6 is 31.9 Å². The van der Waals surface area contributed by atoms with Crippen LogP contribution in [0.3, 0.4) is 0 Å². The molecule has 4 aromatic carbocycles. The van der Waals surface area contributed by atoms with E-state index in [0.717, 1.165) is 20.0 Å². The SMILES string of the molecule is O=c1c2ccc(Br)cc2n2n1CCC2c1ccccc1OC(F)F.O=c1c2ccc(Br)cc2n2n1CC[C@H]2c1ccccc1OC(F)F. The summed E-state index contributed by atoms with van der Waals surface area (Å²) in [5.41, 5.74) is 2.74. The van der Waals surface area contributed by atoms with Gasteiger partial charge in [-0.3, -0.25) is 19.0 Å². The van der Waals surface area contributed by atoms with Crippen molar-refractivity contribution in [2.24, 2.45) is 0 Å². The highest BCUT2D eigenvalue weighted by Crippen LogP contribution is 2.38. The molecule has 2 aliphatic rings. The van der Waals surface area contributed by atoms with E-state index in [2.05, 4.69) is 41.3 Å². The highest BCUT2D eigenvalue weighted by Gasteiger charge is 2.31. The molecule has 6 aromatic rings. The number of halogens is 6. The molecule has 14 heteroatoms. The van der Waals surface area contributed by atoms with Crippen molar-refractivity contribution in [2.75, 3.05) is 0 Å². The Balaban J connectivity index is 0.000000152. The molecular weight excluding hydrogens is 764 g/mol. The normalized spacial score (nSPS) is 16.8. The molecule has 8 nitrogen and oxygen atoms in total. The molecule has 0 N–H and O–H groups in total. The van der Waals surface area contributed by atoms with E-state index >= 15 is 0 Å². The van der Waals surface area contributed by atoms with Gasteiger partial charge in [0.05, 0.1) is 33.9 Å². The van der Waals surface area contributed by atoms with Crippen LogP contribution in [0.2, 0.25) is 0 Å². The molecule has 0 amide bonds. The Hall–Kier alpha value is -4.30. The van der Waals surface area contributed by atoms with Gasteiger partial charge in [-0.1, -0.05) is 68.3 Å². The predicted molar refractivity (Wildman–Crippen MR) is 179 cm³/mol. The van der Waals surface area contributed by atoms with Crippen molar-refractivity contribution in [3.05, 3.63) is 126 Å². The highest BCUT2D eigenvalue weighted by molar-refractivity contribution is 9.10. The van der Waals surface area contributed by atoms with Crippen LogP contribution in [0.15, 0.2) is 103 Å². The Kier molecular flexibility index (Phi) is 8.71. The first kappa shape index (κ1) is 32.3. The van der Waals surface area contributed by atoms with Gasteiger partial charge in [-0.05, 0) is 61.4 Å². The molecule has 0 saturated heterocycles. The van der Waals surface area contributed by atoms with E-state index in [1.165, 1.54) is 12.1 Å². The van der Waals surface area contributed by atoms with Crippen LogP contribution in [0.4, 0.5) is 17.6 Å². The first-order valence-corrected chi connectivity index (χ1v) is 16.6. The minimum Gasteiger partial charge on any atom is -0.434 e. The molecule has 1 unspecified atom stereocenters. The van der Waals surface area contributed by atoms with Crippen molar-refractivity contribution >= 4 is 53.7 Å². The summed E-state index contributed by atoms with van der Waals surface area (Å²) in [6.45, 7) is -4.69. The van der Waals surface area contributed by atoms with Crippen LogP contribution in [-0.4, -0.2) is 32.0 Å². The van der Waals surface area contributed by atoms with Gasteiger partial charge < -0.3 is 9.47 Å². The van der Waals surface area contributed by atoms with Gasteiger partial charge in [0.1, 0.15) is 11.5 Å². The van der Waals surface area contributed by atoms with Crippen molar-refractivity contribution < 1.29 is 27.0 Å². The predicted octanol–water partition coefficient (Wildman–Crippen LogP) is 8.32. The molecule has 0 saturated carbocycles. The number of hydrogen-bond donors (Lipinski definition) is 0. The van der Waals surface area contributed by atoms with Crippen molar-refractivity contribution in [1.82, 2.24) is 18.7 Å². The first-order chi connectivity index (χ1) is 23.1. The second kappa shape index (κ2) is 13.0. The standard InChI is InChI=1S/2C17H13BrF2N2O2/c2*18-10-5-6-12-14(9-10)22-13(7-8-21(22)16(12)23)11-3-1-2-4-15(11)24-17(19)20/h2*1-6,9,13,17H,7-8H2/t13-;/m0./s1. The molecule has 0 spiro atoms. The summed E-state index contributed by atoms with van der Waals surface area (Å²) in [7, 11) is 0. The quantitative estimate of drug-likeness (QED) is 0.159. The van der Waals surface area contributed by atoms with Crippen molar-refractivity contribution in [3.8, 4) is 11.5 Å². The molecule has 48 heavy (non-hydrogen) atoms. The third kappa shape index (κ3) is 5.74. The van der Waals surface area contributed by atoms with Crippen LogP contribution in [0.5, 0.6) is 11.5 Å². The maximum absolute atomic E-state index is 12.7. The lowest BCUT2D eigenvalue weighted by molar-refractivity contribution is -0.0513. The smallest absolute Gasteiger partial charge is 0.387 e. The molecule has 2 aromatic heterocycles. The topological polar surface area (TPSA) is 72.3 Å². The largest absolute Gasteiger partial charge is 0.434 e. The summed E-state index contributed by atoms with van der Waals surface area (Å²) in [5, 5.41) is 1.24. The van der Waals surface area contributed by atoms with Crippen LogP contribution < -0.4 is 20.6 Å². The van der Waals surface area contributed by atoms with E-state index in [1.807, 2.05) is 33.6 Å². The second-order valence-electron chi connectivity index (χ2n) is 11.3. The number of ether oxygens (including phenoxy) is 2. The van der Waals surface area contributed by atoms with Gasteiger partial charge in [0, 0.05) is 33.2 Å². The molecule has 0 aliphatic carbocycles. The molecule has 2 atom stereocenters. The van der Waals surface area contributed by atoms with Gasteiger partial charge in [-0.2, -0.15) is 17.6 Å². The van der Waals surface area contributed by atoms with Crippen LogP contribution in [-0.2, 0) is 13.1 Å². The summed E-state index contributed by atoms with van der Waals surface area (Å²) in [4.78, 5) is 25.1. The van der Waals surface area contributed by atoms with Crippen molar-refractivity contribution in [3.63, 3.8) is 0 Å². The lowest BCUT2D eigenvalue weighted by atomic mass is 10.0. The molecule has 0 fully saturated rings. The molecule has 2 aliphatic heterocycles.